The van der Waals surface area contributed by atoms with Gasteiger partial charge in [0.2, 0.25) is 10.0 Å². The number of hydrogen-bond donors (Lipinski definition) is 1. The first-order valence-corrected chi connectivity index (χ1v) is 9.33. The molecule has 128 valence electrons. The van der Waals surface area contributed by atoms with E-state index in [-0.39, 0.29) is 17.6 Å². The van der Waals surface area contributed by atoms with Gasteiger partial charge in [0, 0.05) is 14.1 Å². The molecule has 0 aliphatic carbocycles. The Kier molecular flexibility index (Phi) is 4.57. The van der Waals surface area contributed by atoms with E-state index in [4.69, 9.17) is 0 Å². The Morgan fingerprint density at radius 3 is 2.00 bits per heavy atom. The third-order valence-corrected chi connectivity index (χ3v) is 4.41. The van der Waals surface area contributed by atoms with Crippen molar-refractivity contribution in [3.05, 3.63) is 24.3 Å². The van der Waals surface area contributed by atoms with Gasteiger partial charge in [0.1, 0.15) is 12.2 Å². The molecule has 1 aliphatic rings. The number of nitrogens with zero attached hydrogens (tertiary/aromatic N) is 4. The summed E-state index contributed by atoms with van der Waals surface area (Å²) in [6.45, 7) is 6.21. The molecule has 0 radical (unpaired) electrons. The zero-order valence-corrected chi connectivity index (χ0v) is 15.3. The average molecular weight is 339 g/mol. The van der Waals surface area contributed by atoms with Gasteiger partial charge in [0.05, 0.1) is 17.6 Å². The van der Waals surface area contributed by atoms with Crippen molar-refractivity contribution < 1.29 is 8.42 Å². The predicted molar refractivity (Wildman–Crippen MR) is 93.1 cm³/mol. The van der Waals surface area contributed by atoms with E-state index in [2.05, 4.69) is 57.9 Å². The van der Waals surface area contributed by atoms with E-state index in [1.165, 1.54) is 0 Å². The van der Waals surface area contributed by atoms with Crippen LogP contribution in [-0.4, -0.2) is 41.0 Å². The highest BCUT2D eigenvalue weighted by atomic mass is 32.2. The van der Waals surface area contributed by atoms with Crippen LogP contribution in [-0.2, 0) is 10.0 Å². The second-order valence-electron chi connectivity index (χ2n) is 7.01. The molecule has 0 aromatic heterocycles. The lowest BCUT2D eigenvalue weighted by atomic mass is 9.85. The molecule has 1 heterocycles. The summed E-state index contributed by atoms with van der Waals surface area (Å²) in [6, 6.07) is 7.92. The van der Waals surface area contributed by atoms with Crippen molar-refractivity contribution >= 4 is 21.4 Å². The highest BCUT2D eigenvalue weighted by Gasteiger charge is 2.42. The molecule has 8 heteroatoms. The van der Waals surface area contributed by atoms with Crippen molar-refractivity contribution in [3.63, 3.8) is 0 Å². The fourth-order valence-corrected chi connectivity index (χ4v) is 3.06. The van der Waals surface area contributed by atoms with Gasteiger partial charge in [-0.05, 0) is 17.5 Å². The summed E-state index contributed by atoms with van der Waals surface area (Å²) in [5.41, 5.74) is 2.05. The van der Waals surface area contributed by atoms with E-state index in [9.17, 15) is 8.42 Å². The number of rotatable bonds is 4. The minimum absolute atomic E-state index is 0.0440. The van der Waals surface area contributed by atoms with Crippen LogP contribution in [0.2, 0.25) is 0 Å². The summed E-state index contributed by atoms with van der Waals surface area (Å²) in [6.07, 6.45) is 1.01. The number of para-hydroxylation sites is 2. The summed E-state index contributed by atoms with van der Waals surface area (Å²) in [5.74, 6) is 0. The van der Waals surface area contributed by atoms with Gasteiger partial charge in [0.25, 0.3) is 0 Å². The molecule has 2 rings (SSSR count). The van der Waals surface area contributed by atoms with Crippen molar-refractivity contribution in [3.8, 4) is 0 Å². The fraction of sp³-hybridized carbons (Fsp3) is 0.600. The molecular formula is C15H25N5O2S. The lowest BCUT2D eigenvalue weighted by Crippen LogP contribution is -2.52. The highest BCUT2D eigenvalue weighted by molar-refractivity contribution is 7.88. The van der Waals surface area contributed by atoms with Gasteiger partial charge >= 0.3 is 0 Å². The van der Waals surface area contributed by atoms with E-state index < -0.39 is 10.0 Å². The molecule has 0 saturated heterocycles. The van der Waals surface area contributed by atoms with Crippen LogP contribution >= 0.6 is 0 Å². The van der Waals surface area contributed by atoms with Crippen LogP contribution in [0, 0.1) is 5.41 Å². The van der Waals surface area contributed by atoms with Crippen LogP contribution < -0.4 is 14.6 Å². The monoisotopic (exact) mass is 339 g/mol. The zero-order chi connectivity index (χ0) is 17.4. The molecule has 7 nitrogen and oxygen atoms in total. The zero-order valence-electron chi connectivity index (χ0n) is 14.5. The highest BCUT2D eigenvalue weighted by Crippen LogP contribution is 2.42. The maximum absolute atomic E-state index is 11.2. The second-order valence-corrected chi connectivity index (χ2v) is 8.74. The first-order chi connectivity index (χ1) is 10.5. The number of likely N-dealkylation sites (N-methyl/N-ethyl adjacent to an activating group) is 2. The number of benzene rings is 1. The normalized spacial score (nSPS) is 17.7. The van der Waals surface area contributed by atoms with Gasteiger partial charge < -0.3 is 9.80 Å². The first kappa shape index (κ1) is 17.5. The summed E-state index contributed by atoms with van der Waals surface area (Å²) >= 11 is 0. The summed E-state index contributed by atoms with van der Waals surface area (Å²) in [5, 5.41) is 8.02. The van der Waals surface area contributed by atoms with Crippen molar-refractivity contribution in [1.29, 1.82) is 0 Å². The smallest absolute Gasteiger partial charge is 0.245 e. The van der Waals surface area contributed by atoms with Crippen LogP contribution in [0.15, 0.2) is 34.6 Å². The van der Waals surface area contributed by atoms with E-state index in [1.54, 1.807) is 0 Å². The van der Waals surface area contributed by atoms with Gasteiger partial charge in [-0.3, -0.25) is 0 Å². The lowest BCUT2D eigenvalue weighted by Gasteiger charge is -2.38. The van der Waals surface area contributed by atoms with E-state index in [0.29, 0.717) is 0 Å². The van der Waals surface area contributed by atoms with E-state index in [0.717, 1.165) is 17.6 Å². The van der Waals surface area contributed by atoms with E-state index in [1.807, 2.05) is 26.2 Å². The maximum Gasteiger partial charge on any atom is 0.245 e. The Morgan fingerprint density at radius 1 is 1.13 bits per heavy atom. The standard InChI is InChI=1S/C15H25N5O2S/c1-15(2,3)13(16-17-18-23(6,21)22)14-19(4)11-9-7-8-10-12(11)20(14)5/h7-10,13-14H,1-6H3,(H,16,18)/t13-/m0/s1. The molecule has 0 unspecified atom stereocenters. The van der Waals surface area contributed by atoms with Crippen LogP contribution in [0.1, 0.15) is 20.8 Å². The third-order valence-electron chi connectivity index (χ3n) is 3.99. The third kappa shape index (κ3) is 3.74. The van der Waals surface area contributed by atoms with Crippen LogP contribution in [0.3, 0.4) is 0 Å². The van der Waals surface area contributed by atoms with Crippen molar-refractivity contribution in [2.45, 2.75) is 33.0 Å². The Labute approximate surface area is 138 Å². The Morgan fingerprint density at radius 2 is 1.61 bits per heavy atom. The topological polar surface area (TPSA) is 77.4 Å². The summed E-state index contributed by atoms with van der Waals surface area (Å²) in [4.78, 5) is 6.41. The maximum atomic E-state index is 11.2. The number of nitrogens with one attached hydrogen (secondary N) is 1. The minimum Gasteiger partial charge on any atom is -0.351 e. The quantitative estimate of drug-likeness (QED) is 0.674. The number of anilines is 2. The van der Waals surface area contributed by atoms with Crippen molar-refractivity contribution in [1.82, 2.24) is 4.83 Å². The van der Waals surface area contributed by atoms with Gasteiger partial charge in [-0.1, -0.05) is 38.1 Å². The molecule has 1 aromatic rings. The Bertz CT molecular complexity index is 667. The largest absolute Gasteiger partial charge is 0.351 e. The fourth-order valence-electron chi connectivity index (χ4n) is 2.87. The molecule has 1 atom stereocenters. The second kappa shape index (κ2) is 5.99. The summed E-state index contributed by atoms with van der Waals surface area (Å²) < 4.78 is 22.4. The lowest BCUT2D eigenvalue weighted by molar-refractivity contribution is 0.270. The van der Waals surface area contributed by atoms with Gasteiger partial charge in [0.15, 0.2) is 0 Å². The number of fused-ring (bicyclic) bond motifs is 1. The van der Waals surface area contributed by atoms with Crippen LogP contribution in [0.4, 0.5) is 11.4 Å². The number of hydrogen-bond acceptors (Lipinski definition) is 6. The molecule has 0 bridgehead atoms. The average Bonchev–Trinajstić information content (AvgIpc) is 2.66. The van der Waals surface area contributed by atoms with Crippen molar-refractivity contribution in [2.24, 2.45) is 15.8 Å². The van der Waals surface area contributed by atoms with Gasteiger partial charge in [-0.2, -0.15) is 9.95 Å². The SMILES string of the molecule is CN1c2ccccc2N(C)C1[C@H](N=NNS(C)(=O)=O)C(C)(C)C. The summed E-state index contributed by atoms with van der Waals surface area (Å²) in [7, 11) is 0.631. The first-order valence-electron chi connectivity index (χ1n) is 7.43. The van der Waals surface area contributed by atoms with Crippen molar-refractivity contribution in [2.75, 3.05) is 30.2 Å². The molecule has 0 saturated carbocycles. The van der Waals surface area contributed by atoms with Gasteiger partial charge in [-0.15, -0.1) is 0 Å². The number of sulfonamides is 1. The van der Waals surface area contributed by atoms with E-state index >= 15 is 0 Å². The predicted octanol–water partition coefficient (Wildman–Crippen LogP) is 2.23. The van der Waals surface area contributed by atoms with Gasteiger partial charge in [-0.25, -0.2) is 8.42 Å². The van der Waals surface area contributed by atoms with Crippen LogP contribution in [0.5, 0.6) is 0 Å². The molecule has 0 amide bonds. The minimum atomic E-state index is -3.41. The molecule has 1 N–H and O–H groups in total. The van der Waals surface area contributed by atoms with Crippen LogP contribution in [0.25, 0.3) is 0 Å². The molecule has 1 aliphatic heterocycles. The molecule has 0 fully saturated rings. The Hall–Kier alpha value is -1.83. The molecular weight excluding hydrogens is 314 g/mol. The Balaban J connectivity index is 2.35. The molecule has 0 spiro atoms. The molecule has 1 aromatic carbocycles. The molecule has 23 heavy (non-hydrogen) atoms.